The van der Waals surface area contributed by atoms with Crippen LogP contribution in [0.3, 0.4) is 0 Å². The number of benzene rings is 2. The largest absolute Gasteiger partial charge is 0.342 e. The van der Waals surface area contributed by atoms with Crippen LogP contribution in [-0.2, 0) is 0 Å². The molecule has 3 aromatic rings. The zero-order valence-electron chi connectivity index (χ0n) is 14.8. The summed E-state index contributed by atoms with van der Waals surface area (Å²) in [7, 11) is 0. The van der Waals surface area contributed by atoms with E-state index in [4.69, 9.17) is 34.8 Å². The van der Waals surface area contributed by atoms with E-state index in [-0.39, 0.29) is 23.3 Å². The zero-order chi connectivity index (χ0) is 19.8. The third-order valence-corrected chi connectivity index (χ3v) is 5.71. The number of rotatable bonds is 4. The molecule has 1 aliphatic heterocycles. The fraction of sp³-hybridized carbons (Fsp3) is 0.300. The Balaban J connectivity index is 1.49. The van der Waals surface area contributed by atoms with Crippen molar-refractivity contribution < 1.29 is 9.18 Å². The number of fused-ring (bicyclic) bond motifs is 1. The molecule has 0 radical (unpaired) electrons. The molecular formula is C20H17Cl3FN3O. The van der Waals surface area contributed by atoms with Gasteiger partial charge in [0, 0.05) is 34.1 Å². The van der Waals surface area contributed by atoms with Gasteiger partial charge in [0.25, 0.3) is 0 Å². The Morgan fingerprint density at radius 2 is 1.93 bits per heavy atom. The number of carbonyl (C=O) groups is 1. The molecule has 4 nitrogen and oxygen atoms in total. The Morgan fingerprint density at radius 3 is 2.68 bits per heavy atom. The molecule has 4 rings (SSSR count). The zero-order valence-corrected chi connectivity index (χ0v) is 17.1. The number of imidazole rings is 1. The molecule has 2 aromatic carbocycles. The summed E-state index contributed by atoms with van der Waals surface area (Å²) in [5.41, 5.74) is 1.77. The summed E-state index contributed by atoms with van der Waals surface area (Å²) in [5, 5.41) is 0.947. The fourth-order valence-corrected chi connectivity index (χ4v) is 4.33. The second kappa shape index (κ2) is 7.99. The van der Waals surface area contributed by atoms with Crippen molar-refractivity contribution in [2.75, 3.05) is 19.6 Å². The van der Waals surface area contributed by atoms with Crippen molar-refractivity contribution in [3.63, 3.8) is 0 Å². The summed E-state index contributed by atoms with van der Waals surface area (Å²) in [6.07, 6.45) is 1.89. The van der Waals surface area contributed by atoms with Gasteiger partial charge in [-0.15, -0.1) is 0 Å². The van der Waals surface area contributed by atoms with Crippen LogP contribution in [0.15, 0.2) is 30.3 Å². The maximum absolute atomic E-state index is 13.7. The number of hydrogen-bond donors (Lipinski definition) is 1. The first-order valence-corrected chi connectivity index (χ1v) is 10.1. The van der Waals surface area contributed by atoms with Gasteiger partial charge in [-0.3, -0.25) is 9.69 Å². The lowest BCUT2D eigenvalue weighted by molar-refractivity contribution is 0.0905. The number of carbonyl (C=O) groups excluding carboxylic acids is 1. The Hall–Kier alpha value is -1.66. The molecule has 1 aliphatic rings. The van der Waals surface area contributed by atoms with Gasteiger partial charge >= 0.3 is 0 Å². The molecule has 0 spiro atoms. The second-order valence-electron chi connectivity index (χ2n) is 7.06. The number of nitrogens with zero attached hydrogens (tertiary/aromatic N) is 2. The number of hydrogen-bond acceptors (Lipinski definition) is 3. The van der Waals surface area contributed by atoms with Crippen LogP contribution in [0.4, 0.5) is 4.39 Å². The van der Waals surface area contributed by atoms with Gasteiger partial charge in [0.05, 0.1) is 22.6 Å². The Bertz CT molecular complexity index is 993. The minimum Gasteiger partial charge on any atom is -0.342 e. The molecule has 1 fully saturated rings. The number of aromatic nitrogens is 2. The van der Waals surface area contributed by atoms with Crippen LogP contribution in [0.2, 0.25) is 15.1 Å². The lowest BCUT2D eigenvalue weighted by Crippen LogP contribution is -2.38. The smallest absolute Gasteiger partial charge is 0.176 e. The highest BCUT2D eigenvalue weighted by Gasteiger charge is 2.26. The van der Waals surface area contributed by atoms with Crippen LogP contribution < -0.4 is 0 Å². The molecule has 0 aliphatic carbocycles. The number of likely N-dealkylation sites (tertiary alicyclic amines) is 1. The molecule has 0 amide bonds. The second-order valence-corrected chi connectivity index (χ2v) is 8.34. The van der Waals surface area contributed by atoms with E-state index in [1.807, 2.05) is 0 Å². The van der Waals surface area contributed by atoms with Gasteiger partial charge in [-0.25, -0.2) is 9.37 Å². The van der Waals surface area contributed by atoms with E-state index in [0.717, 1.165) is 25.2 Å². The number of aromatic amines is 1. The van der Waals surface area contributed by atoms with Gasteiger partial charge < -0.3 is 4.98 Å². The maximum atomic E-state index is 13.7. The number of ketones is 1. The van der Waals surface area contributed by atoms with Crippen molar-refractivity contribution in [2.45, 2.75) is 18.8 Å². The first-order chi connectivity index (χ1) is 13.4. The highest BCUT2D eigenvalue weighted by molar-refractivity contribution is 6.35. The summed E-state index contributed by atoms with van der Waals surface area (Å²) in [6, 6.07) is 7.76. The molecule has 1 saturated heterocycles. The molecule has 1 atom stereocenters. The summed E-state index contributed by atoms with van der Waals surface area (Å²) in [4.78, 5) is 22.5. The average molecular weight is 441 g/mol. The summed E-state index contributed by atoms with van der Waals surface area (Å²) in [6.45, 7) is 1.81. The van der Waals surface area contributed by atoms with Gasteiger partial charge in [-0.1, -0.05) is 34.8 Å². The van der Waals surface area contributed by atoms with Crippen molar-refractivity contribution in [3.05, 3.63) is 62.6 Å². The van der Waals surface area contributed by atoms with Gasteiger partial charge in [0.2, 0.25) is 0 Å². The van der Waals surface area contributed by atoms with Crippen molar-refractivity contribution in [1.29, 1.82) is 0 Å². The van der Waals surface area contributed by atoms with E-state index in [9.17, 15) is 9.18 Å². The minimum absolute atomic E-state index is 0.0245. The number of nitrogens with one attached hydrogen (secondary N) is 1. The van der Waals surface area contributed by atoms with E-state index in [2.05, 4.69) is 14.9 Å². The number of H-pyrrole nitrogens is 1. The third-order valence-electron chi connectivity index (χ3n) is 4.99. The molecule has 146 valence electrons. The molecular weight excluding hydrogens is 424 g/mol. The molecule has 2 heterocycles. The average Bonchev–Trinajstić information content (AvgIpc) is 3.04. The third kappa shape index (κ3) is 4.18. The lowest BCUT2D eigenvalue weighted by Gasteiger charge is -2.31. The Labute approximate surface area is 176 Å². The first-order valence-electron chi connectivity index (χ1n) is 8.95. The summed E-state index contributed by atoms with van der Waals surface area (Å²) < 4.78 is 13.7. The Morgan fingerprint density at radius 1 is 1.18 bits per heavy atom. The van der Waals surface area contributed by atoms with Crippen LogP contribution in [-0.4, -0.2) is 40.3 Å². The molecule has 0 saturated carbocycles. The van der Waals surface area contributed by atoms with E-state index in [1.54, 1.807) is 18.2 Å². The van der Waals surface area contributed by atoms with Crippen molar-refractivity contribution in [3.8, 4) is 0 Å². The van der Waals surface area contributed by atoms with Crippen molar-refractivity contribution in [2.24, 2.45) is 0 Å². The predicted octanol–water partition coefficient (Wildman–Crippen LogP) is 5.72. The topological polar surface area (TPSA) is 49.0 Å². The van der Waals surface area contributed by atoms with Gasteiger partial charge in [0.15, 0.2) is 5.78 Å². The molecule has 1 aromatic heterocycles. The molecule has 1 unspecified atom stereocenters. The number of halogens is 4. The van der Waals surface area contributed by atoms with Crippen LogP contribution in [0.25, 0.3) is 11.0 Å². The van der Waals surface area contributed by atoms with Crippen LogP contribution in [0.5, 0.6) is 0 Å². The normalized spacial score (nSPS) is 17.9. The maximum Gasteiger partial charge on any atom is 0.176 e. The van der Waals surface area contributed by atoms with Gasteiger partial charge in [-0.2, -0.15) is 0 Å². The van der Waals surface area contributed by atoms with Gasteiger partial charge in [0.1, 0.15) is 11.6 Å². The highest BCUT2D eigenvalue weighted by Crippen LogP contribution is 2.29. The monoisotopic (exact) mass is 439 g/mol. The van der Waals surface area contributed by atoms with Crippen molar-refractivity contribution in [1.82, 2.24) is 14.9 Å². The number of Topliss-reactive ketones (excluding diaryl/α,β-unsaturated/α-hetero) is 1. The van der Waals surface area contributed by atoms with E-state index >= 15 is 0 Å². The Kier molecular flexibility index (Phi) is 5.61. The quantitative estimate of drug-likeness (QED) is 0.527. The lowest BCUT2D eigenvalue weighted by atomic mass is 9.97. The molecule has 28 heavy (non-hydrogen) atoms. The molecule has 8 heteroatoms. The number of piperidine rings is 1. The van der Waals surface area contributed by atoms with Gasteiger partial charge in [-0.05, 0) is 43.7 Å². The summed E-state index contributed by atoms with van der Waals surface area (Å²) >= 11 is 17.9. The molecule has 0 bridgehead atoms. The van der Waals surface area contributed by atoms with Crippen LogP contribution in [0, 0.1) is 5.82 Å². The first kappa shape index (κ1) is 19.6. The minimum atomic E-state index is -0.472. The van der Waals surface area contributed by atoms with E-state index < -0.39 is 5.82 Å². The highest BCUT2D eigenvalue weighted by atomic mass is 35.5. The fourth-order valence-electron chi connectivity index (χ4n) is 3.65. The SMILES string of the molecule is O=C(CN1CCCC(c2nc3cc(Cl)c(F)cc3[nH]2)C1)c1cc(Cl)cc(Cl)c1. The van der Waals surface area contributed by atoms with E-state index in [0.29, 0.717) is 33.2 Å². The molecule has 1 N–H and O–H groups in total. The van der Waals surface area contributed by atoms with Crippen LogP contribution >= 0.6 is 34.8 Å². The van der Waals surface area contributed by atoms with Crippen molar-refractivity contribution >= 4 is 51.6 Å². The summed E-state index contributed by atoms with van der Waals surface area (Å²) in [5.74, 6) is 0.433. The van der Waals surface area contributed by atoms with E-state index in [1.165, 1.54) is 12.1 Å². The van der Waals surface area contributed by atoms with Crippen LogP contribution in [0.1, 0.15) is 34.9 Å². The standard InChI is InChI=1S/C20H17Cl3FN3O/c21-13-4-12(5-14(22)6-13)19(28)10-27-3-1-2-11(9-27)20-25-17-7-15(23)16(24)8-18(17)26-20/h4-8,11H,1-3,9-10H2,(H,25,26). The predicted molar refractivity (Wildman–Crippen MR) is 110 cm³/mol.